The second-order valence-electron chi connectivity index (χ2n) is 9.38. The van der Waals surface area contributed by atoms with Crippen LogP contribution in [0.3, 0.4) is 0 Å². The molecule has 0 aromatic heterocycles. The number of imide groups is 1. The fourth-order valence-electron chi connectivity index (χ4n) is 4.48. The molecule has 0 radical (unpaired) electrons. The number of carbonyl (C=O) groups excluding carboxylic acids is 3. The second-order valence-corrected chi connectivity index (χ2v) is 11.1. The van der Waals surface area contributed by atoms with Crippen LogP contribution in [-0.2, 0) is 21.0 Å². The average molecular weight is 589 g/mol. The highest BCUT2D eigenvalue weighted by Crippen LogP contribution is 2.38. The number of methoxy groups -OCH3 is 1. The zero-order chi connectivity index (χ0) is 29.3. The molecule has 5 rings (SSSR count). The molecule has 208 valence electrons. The van der Waals surface area contributed by atoms with Gasteiger partial charge in [-0.1, -0.05) is 59.9 Å². The molecular weight excluding hydrogens is 564 g/mol. The molecule has 0 spiro atoms. The van der Waals surface area contributed by atoms with Crippen LogP contribution >= 0.6 is 24.0 Å². The Bertz CT molecular complexity index is 1600. The first kappa shape index (κ1) is 28.1. The maximum absolute atomic E-state index is 13.4. The van der Waals surface area contributed by atoms with Gasteiger partial charge in [0.25, 0.3) is 11.8 Å². The highest BCUT2D eigenvalue weighted by atomic mass is 32.2. The molecule has 2 aliphatic heterocycles. The van der Waals surface area contributed by atoms with Crippen LogP contribution in [0, 0.1) is 6.92 Å². The summed E-state index contributed by atoms with van der Waals surface area (Å²) in [5.74, 6) is -1.68. The number of carboxylic acid groups (broad SMARTS) is 1. The number of rotatable bonds is 8. The third-order valence-electron chi connectivity index (χ3n) is 6.63. The van der Waals surface area contributed by atoms with E-state index >= 15 is 0 Å². The predicted molar refractivity (Wildman–Crippen MR) is 158 cm³/mol. The molecule has 2 aliphatic rings. The molecule has 0 bridgehead atoms. The average Bonchev–Trinajstić information content (AvgIpc) is 3.40. The first-order chi connectivity index (χ1) is 19.7. The molecule has 9 nitrogen and oxygen atoms in total. The van der Waals surface area contributed by atoms with Gasteiger partial charge in [-0.3, -0.25) is 19.3 Å². The van der Waals surface area contributed by atoms with Crippen LogP contribution < -0.4 is 14.4 Å². The minimum atomic E-state index is -1.13. The van der Waals surface area contributed by atoms with Crippen molar-refractivity contribution in [3.8, 4) is 11.5 Å². The van der Waals surface area contributed by atoms with Crippen LogP contribution in [0.2, 0.25) is 0 Å². The van der Waals surface area contributed by atoms with Gasteiger partial charge in [-0.2, -0.15) is 0 Å². The molecule has 1 atom stereocenters. The fourth-order valence-corrected chi connectivity index (χ4v) is 5.84. The van der Waals surface area contributed by atoms with Gasteiger partial charge in [0.1, 0.15) is 17.0 Å². The van der Waals surface area contributed by atoms with Crippen molar-refractivity contribution in [2.75, 3.05) is 12.0 Å². The Balaban J connectivity index is 1.31. The summed E-state index contributed by atoms with van der Waals surface area (Å²) in [6.45, 7) is 2.38. The van der Waals surface area contributed by atoms with Gasteiger partial charge in [0.05, 0.1) is 29.7 Å². The number of hydrogen-bond acceptors (Lipinski definition) is 8. The lowest BCUT2D eigenvalue weighted by Gasteiger charge is -2.21. The lowest BCUT2D eigenvalue weighted by molar-refractivity contribution is -0.129. The van der Waals surface area contributed by atoms with E-state index < -0.39 is 29.7 Å². The van der Waals surface area contributed by atoms with Crippen molar-refractivity contribution < 1.29 is 33.8 Å². The lowest BCUT2D eigenvalue weighted by Crippen LogP contribution is -2.44. The Labute approximate surface area is 245 Å². The van der Waals surface area contributed by atoms with Crippen LogP contribution in [0.25, 0.3) is 6.08 Å². The summed E-state index contributed by atoms with van der Waals surface area (Å²) in [5, 5.41) is 9.11. The Morgan fingerprint density at radius 2 is 1.76 bits per heavy atom. The van der Waals surface area contributed by atoms with Gasteiger partial charge in [0, 0.05) is 0 Å². The molecule has 41 heavy (non-hydrogen) atoms. The van der Waals surface area contributed by atoms with Gasteiger partial charge in [-0.15, -0.1) is 0 Å². The predicted octanol–water partition coefficient (Wildman–Crippen LogP) is 4.81. The van der Waals surface area contributed by atoms with Gasteiger partial charge in [-0.05, 0) is 60.5 Å². The van der Waals surface area contributed by atoms with Crippen LogP contribution in [0.4, 0.5) is 5.69 Å². The van der Waals surface area contributed by atoms with Gasteiger partial charge >= 0.3 is 5.97 Å². The molecule has 0 saturated carbocycles. The van der Waals surface area contributed by atoms with E-state index in [9.17, 15) is 19.2 Å². The minimum Gasteiger partial charge on any atom is -0.493 e. The number of aromatic carboxylic acids is 1. The summed E-state index contributed by atoms with van der Waals surface area (Å²) in [4.78, 5) is 53.0. The SMILES string of the molecule is COc1cc(/C=C2\SC(=S)N(C3CC(=O)N(c4ccc(C(=O)O)cc4)C3=O)C2=O)ccc1OCc1ccc(C)cc1. The van der Waals surface area contributed by atoms with E-state index in [1.165, 1.54) is 36.3 Å². The Kier molecular flexibility index (Phi) is 7.91. The summed E-state index contributed by atoms with van der Waals surface area (Å²) in [6.07, 6.45) is 1.41. The summed E-state index contributed by atoms with van der Waals surface area (Å²) < 4.78 is 11.6. The van der Waals surface area contributed by atoms with Crippen molar-refractivity contribution >= 4 is 63.8 Å². The number of anilines is 1. The summed E-state index contributed by atoms with van der Waals surface area (Å²) >= 11 is 6.48. The summed E-state index contributed by atoms with van der Waals surface area (Å²) in [7, 11) is 1.53. The number of ether oxygens (including phenoxy) is 2. The lowest BCUT2D eigenvalue weighted by atomic mass is 10.1. The number of carbonyl (C=O) groups is 4. The van der Waals surface area contributed by atoms with Gasteiger partial charge in [0.2, 0.25) is 5.91 Å². The van der Waals surface area contributed by atoms with Crippen molar-refractivity contribution in [2.24, 2.45) is 0 Å². The minimum absolute atomic E-state index is 0.0222. The van der Waals surface area contributed by atoms with Gasteiger partial charge < -0.3 is 14.6 Å². The first-order valence-electron chi connectivity index (χ1n) is 12.5. The monoisotopic (exact) mass is 588 g/mol. The van der Waals surface area contributed by atoms with E-state index in [1.807, 2.05) is 31.2 Å². The number of thioether (sulfide) groups is 1. The summed E-state index contributed by atoms with van der Waals surface area (Å²) in [6, 6.07) is 17.6. The topological polar surface area (TPSA) is 113 Å². The maximum Gasteiger partial charge on any atom is 0.335 e. The van der Waals surface area contributed by atoms with E-state index in [1.54, 1.807) is 24.3 Å². The molecule has 2 heterocycles. The normalized spacial score (nSPS) is 18.0. The van der Waals surface area contributed by atoms with Crippen molar-refractivity contribution in [1.29, 1.82) is 0 Å². The van der Waals surface area contributed by atoms with E-state index in [0.29, 0.717) is 28.6 Å². The van der Waals surface area contributed by atoms with E-state index in [4.69, 9.17) is 26.8 Å². The van der Waals surface area contributed by atoms with Crippen molar-refractivity contribution in [3.05, 3.63) is 93.9 Å². The number of amides is 3. The number of benzene rings is 3. The molecular formula is C30H24N2O7S2. The molecule has 3 aromatic carbocycles. The standard InChI is InChI=1S/C30H24N2O7S2/c1-17-3-5-18(6-4-17)16-39-23-12-7-19(13-24(23)38-2)14-25-28(35)32(30(40)41-25)22-15-26(33)31(27(22)34)21-10-8-20(9-11-21)29(36)37/h3-14,22H,15-16H2,1-2H3,(H,36,37)/b25-14-. The quantitative estimate of drug-likeness (QED) is 0.225. The number of thiocarbonyl (C=S) groups is 1. The van der Waals surface area contributed by atoms with Gasteiger partial charge in [-0.25, -0.2) is 9.69 Å². The Morgan fingerprint density at radius 1 is 1.05 bits per heavy atom. The van der Waals surface area contributed by atoms with Crippen LogP contribution in [-0.4, -0.2) is 51.2 Å². The number of nitrogens with zero attached hydrogens (tertiary/aromatic N) is 2. The Morgan fingerprint density at radius 3 is 2.41 bits per heavy atom. The van der Waals surface area contributed by atoms with Crippen molar-refractivity contribution in [2.45, 2.75) is 26.0 Å². The van der Waals surface area contributed by atoms with E-state index in [-0.39, 0.29) is 22.0 Å². The van der Waals surface area contributed by atoms with E-state index in [0.717, 1.165) is 27.8 Å². The molecule has 0 aliphatic carbocycles. The first-order valence-corrected chi connectivity index (χ1v) is 13.7. The number of aryl methyl sites for hydroxylation is 1. The summed E-state index contributed by atoms with van der Waals surface area (Å²) in [5.41, 5.74) is 3.09. The maximum atomic E-state index is 13.4. The number of hydrogen-bond donors (Lipinski definition) is 1. The third kappa shape index (κ3) is 5.72. The zero-order valence-corrected chi connectivity index (χ0v) is 23.7. The van der Waals surface area contributed by atoms with Crippen LogP contribution in [0.15, 0.2) is 71.6 Å². The van der Waals surface area contributed by atoms with Crippen LogP contribution in [0.5, 0.6) is 11.5 Å². The highest BCUT2D eigenvalue weighted by molar-refractivity contribution is 8.26. The van der Waals surface area contributed by atoms with Crippen LogP contribution in [0.1, 0.15) is 33.5 Å². The molecule has 2 fully saturated rings. The third-order valence-corrected chi connectivity index (χ3v) is 7.96. The fraction of sp³-hybridized carbons (Fsp3) is 0.167. The van der Waals surface area contributed by atoms with Crippen molar-refractivity contribution in [3.63, 3.8) is 0 Å². The second kappa shape index (κ2) is 11.6. The molecule has 1 N–H and O–H groups in total. The molecule has 3 amide bonds. The molecule has 1 unspecified atom stereocenters. The zero-order valence-electron chi connectivity index (χ0n) is 22.0. The largest absolute Gasteiger partial charge is 0.493 e. The molecule has 2 saturated heterocycles. The Hall–Kier alpha value is -4.48. The smallest absolute Gasteiger partial charge is 0.335 e. The molecule has 3 aromatic rings. The molecule has 11 heteroatoms. The van der Waals surface area contributed by atoms with E-state index in [2.05, 4.69) is 0 Å². The van der Waals surface area contributed by atoms with Gasteiger partial charge in [0.15, 0.2) is 11.5 Å². The highest BCUT2D eigenvalue weighted by Gasteiger charge is 2.48. The van der Waals surface area contributed by atoms with Crippen molar-refractivity contribution in [1.82, 2.24) is 4.90 Å². The number of carboxylic acids is 1.